The van der Waals surface area contributed by atoms with E-state index in [9.17, 15) is 14.4 Å². The second kappa shape index (κ2) is 69.8. The topological polar surface area (TPSA) is 78.9 Å². The fourth-order valence-corrected chi connectivity index (χ4v) is 10.1. The predicted octanol–water partition coefficient (Wildman–Crippen LogP) is 24.4. The molecule has 0 rings (SSSR count). The van der Waals surface area contributed by atoms with Gasteiger partial charge in [-0.15, -0.1) is 0 Å². The minimum atomic E-state index is -0.786. The smallest absolute Gasteiger partial charge is 0.306 e. The van der Waals surface area contributed by atoms with Gasteiger partial charge in [-0.3, -0.25) is 14.4 Å². The molecule has 0 saturated heterocycles. The first kappa shape index (κ1) is 78.3. The largest absolute Gasteiger partial charge is 0.462 e. The van der Waals surface area contributed by atoms with E-state index in [-0.39, 0.29) is 31.1 Å². The molecule has 82 heavy (non-hydrogen) atoms. The van der Waals surface area contributed by atoms with Crippen molar-refractivity contribution in [1.29, 1.82) is 0 Å². The maximum Gasteiger partial charge on any atom is 0.306 e. The van der Waals surface area contributed by atoms with Crippen LogP contribution in [0.25, 0.3) is 0 Å². The van der Waals surface area contributed by atoms with Gasteiger partial charge in [0, 0.05) is 19.3 Å². The summed E-state index contributed by atoms with van der Waals surface area (Å²) in [6.45, 7) is 6.54. The van der Waals surface area contributed by atoms with Crippen LogP contribution in [-0.4, -0.2) is 37.2 Å². The Kier molecular flexibility index (Phi) is 66.7. The summed E-state index contributed by atoms with van der Waals surface area (Å²) in [6.07, 6.45) is 94.3. The average Bonchev–Trinajstić information content (AvgIpc) is 3.47. The molecule has 0 aromatic carbocycles. The van der Waals surface area contributed by atoms with Gasteiger partial charge in [0.1, 0.15) is 13.2 Å². The van der Waals surface area contributed by atoms with E-state index in [2.05, 4.69) is 118 Å². The molecule has 0 N–H and O–H groups in total. The van der Waals surface area contributed by atoms with Gasteiger partial charge in [-0.1, -0.05) is 323 Å². The summed E-state index contributed by atoms with van der Waals surface area (Å²) in [7, 11) is 0. The highest BCUT2D eigenvalue weighted by molar-refractivity contribution is 5.71. The van der Waals surface area contributed by atoms with Gasteiger partial charge >= 0.3 is 17.9 Å². The van der Waals surface area contributed by atoms with Crippen molar-refractivity contribution in [3.8, 4) is 0 Å². The number of hydrogen-bond donors (Lipinski definition) is 0. The van der Waals surface area contributed by atoms with Crippen LogP contribution in [0.4, 0.5) is 0 Å². The number of carbonyl (C=O) groups is 3. The Hall–Kier alpha value is -3.67. The molecule has 0 heterocycles. The van der Waals surface area contributed by atoms with Gasteiger partial charge in [-0.05, 0) is 103 Å². The van der Waals surface area contributed by atoms with Gasteiger partial charge in [0.05, 0.1) is 0 Å². The lowest BCUT2D eigenvalue weighted by Gasteiger charge is -2.18. The number of esters is 3. The van der Waals surface area contributed by atoms with Crippen LogP contribution in [0.2, 0.25) is 0 Å². The van der Waals surface area contributed by atoms with Crippen LogP contribution >= 0.6 is 0 Å². The van der Waals surface area contributed by atoms with Crippen molar-refractivity contribution in [2.24, 2.45) is 0 Å². The first-order valence-corrected chi connectivity index (χ1v) is 35.2. The average molecular weight is 1140 g/mol. The van der Waals surface area contributed by atoms with Gasteiger partial charge in [0.2, 0.25) is 0 Å². The van der Waals surface area contributed by atoms with Crippen LogP contribution in [0.3, 0.4) is 0 Å². The molecule has 0 radical (unpaired) electrons. The molecule has 0 spiro atoms. The summed E-state index contributed by atoms with van der Waals surface area (Å²) in [6, 6.07) is 0. The molecule has 0 saturated carbocycles. The zero-order valence-corrected chi connectivity index (χ0v) is 54.2. The quantitative estimate of drug-likeness (QED) is 0.0261. The molecule has 0 fully saturated rings. The Morgan fingerprint density at radius 1 is 0.256 bits per heavy atom. The number of unbranched alkanes of at least 4 members (excludes halogenated alkanes) is 37. The summed E-state index contributed by atoms with van der Waals surface area (Å²) in [4.78, 5) is 38.4. The molecule has 0 aromatic heterocycles. The SMILES string of the molecule is CC/C=C\C/C=C\C/C=C\C/C=C\C/C=C\C/C=C\CCCCCCCCC(=O)OC(COC(=O)CCCCCCCCCCCCCC)COC(=O)CCCCCCCCCCCCCCCCC/C=C\C/C=C\CCCCCCC. The number of rotatable bonds is 64. The molecule has 0 bridgehead atoms. The summed E-state index contributed by atoms with van der Waals surface area (Å²) >= 11 is 0. The number of allylic oxidation sites excluding steroid dienone is 16. The lowest BCUT2D eigenvalue weighted by molar-refractivity contribution is -0.167. The van der Waals surface area contributed by atoms with Gasteiger partial charge in [-0.25, -0.2) is 0 Å². The molecule has 1 unspecified atom stereocenters. The van der Waals surface area contributed by atoms with Crippen molar-refractivity contribution in [2.45, 2.75) is 354 Å². The van der Waals surface area contributed by atoms with E-state index in [0.717, 1.165) is 116 Å². The lowest BCUT2D eigenvalue weighted by atomic mass is 10.0. The highest BCUT2D eigenvalue weighted by Gasteiger charge is 2.19. The number of hydrogen-bond acceptors (Lipinski definition) is 6. The third kappa shape index (κ3) is 67.1. The fraction of sp³-hybridized carbons (Fsp3) is 0.750. The predicted molar refractivity (Wildman–Crippen MR) is 357 cm³/mol. The summed E-state index contributed by atoms with van der Waals surface area (Å²) in [5.41, 5.74) is 0. The first-order chi connectivity index (χ1) is 40.5. The Morgan fingerprint density at radius 2 is 0.476 bits per heavy atom. The van der Waals surface area contributed by atoms with Crippen LogP contribution in [-0.2, 0) is 28.6 Å². The van der Waals surface area contributed by atoms with E-state index in [0.29, 0.717) is 19.3 Å². The highest BCUT2D eigenvalue weighted by Crippen LogP contribution is 2.17. The number of carbonyl (C=O) groups excluding carboxylic acids is 3. The second-order valence-electron chi connectivity index (χ2n) is 23.4. The Labute approximate surface area is 508 Å². The monoisotopic (exact) mass is 1140 g/mol. The van der Waals surface area contributed by atoms with Crippen molar-refractivity contribution in [2.75, 3.05) is 13.2 Å². The van der Waals surface area contributed by atoms with Gasteiger partial charge in [0.25, 0.3) is 0 Å². The first-order valence-electron chi connectivity index (χ1n) is 35.2. The summed E-state index contributed by atoms with van der Waals surface area (Å²) in [5, 5.41) is 0. The molecule has 0 aliphatic heterocycles. The van der Waals surface area contributed by atoms with Crippen LogP contribution < -0.4 is 0 Å². The molecule has 6 heteroatoms. The standard InChI is InChI=1S/C76H132O6/c1-4-7-10-13-16-19-22-25-27-29-31-33-35-37-38-40-41-43-45-47-49-51-54-57-60-63-66-69-75(78)81-72-73(71-80-74(77)68-65-62-59-56-53-24-21-18-15-12-9-6-3)82-76(79)70-67-64-61-58-55-52-50-48-46-44-42-39-36-34-32-30-28-26-23-20-17-14-11-8-5-2/h8,11,17,20,22,25-26,28-29,31-32,34,39,42,46,48,73H,4-7,9-10,12-16,18-19,21,23-24,27,30,33,35-38,40-41,43-45,47,49-72H2,1-3H3/b11-8-,20-17-,25-22-,28-26-,31-29-,34-32-,42-39-,48-46-. The molecule has 0 amide bonds. The van der Waals surface area contributed by atoms with Crippen molar-refractivity contribution in [3.63, 3.8) is 0 Å². The van der Waals surface area contributed by atoms with Gasteiger partial charge in [-0.2, -0.15) is 0 Å². The molecule has 0 aliphatic rings. The molecular weight excluding hydrogens is 1010 g/mol. The summed E-state index contributed by atoms with van der Waals surface area (Å²) in [5.74, 6) is -0.879. The van der Waals surface area contributed by atoms with Crippen molar-refractivity contribution >= 4 is 17.9 Å². The molecule has 6 nitrogen and oxygen atoms in total. The van der Waals surface area contributed by atoms with E-state index < -0.39 is 6.10 Å². The molecule has 472 valence electrons. The van der Waals surface area contributed by atoms with E-state index in [1.807, 2.05) is 0 Å². The Balaban J connectivity index is 4.28. The van der Waals surface area contributed by atoms with E-state index in [1.54, 1.807) is 0 Å². The Morgan fingerprint density at radius 3 is 0.744 bits per heavy atom. The van der Waals surface area contributed by atoms with Crippen LogP contribution in [0, 0.1) is 0 Å². The number of ether oxygens (including phenoxy) is 3. The molecular formula is C76H132O6. The Bertz CT molecular complexity index is 1590. The van der Waals surface area contributed by atoms with E-state index >= 15 is 0 Å². The van der Waals surface area contributed by atoms with Crippen molar-refractivity contribution < 1.29 is 28.6 Å². The highest BCUT2D eigenvalue weighted by atomic mass is 16.6. The van der Waals surface area contributed by atoms with Crippen molar-refractivity contribution in [1.82, 2.24) is 0 Å². The fourth-order valence-electron chi connectivity index (χ4n) is 10.1. The minimum absolute atomic E-state index is 0.0802. The van der Waals surface area contributed by atoms with Crippen LogP contribution in [0.15, 0.2) is 97.2 Å². The lowest BCUT2D eigenvalue weighted by Crippen LogP contribution is -2.30. The zero-order valence-electron chi connectivity index (χ0n) is 54.2. The molecule has 0 aliphatic carbocycles. The maximum atomic E-state index is 12.9. The van der Waals surface area contributed by atoms with Crippen molar-refractivity contribution in [3.05, 3.63) is 97.2 Å². The molecule has 1 atom stereocenters. The minimum Gasteiger partial charge on any atom is -0.462 e. The van der Waals surface area contributed by atoms with Gasteiger partial charge in [0.15, 0.2) is 6.10 Å². The van der Waals surface area contributed by atoms with Gasteiger partial charge < -0.3 is 14.2 Å². The third-order valence-electron chi connectivity index (χ3n) is 15.3. The van der Waals surface area contributed by atoms with E-state index in [1.165, 1.54) is 193 Å². The third-order valence-corrected chi connectivity index (χ3v) is 15.3. The van der Waals surface area contributed by atoms with Crippen LogP contribution in [0.1, 0.15) is 348 Å². The van der Waals surface area contributed by atoms with E-state index in [4.69, 9.17) is 14.2 Å². The second-order valence-corrected chi connectivity index (χ2v) is 23.4. The van der Waals surface area contributed by atoms with Crippen LogP contribution in [0.5, 0.6) is 0 Å². The summed E-state index contributed by atoms with van der Waals surface area (Å²) < 4.78 is 17.0. The molecule has 0 aromatic rings. The normalized spacial score (nSPS) is 12.7. The zero-order chi connectivity index (χ0) is 59.2. The maximum absolute atomic E-state index is 12.9.